The first-order chi connectivity index (χ1) is 10.1. The molecule has 0 amide bonds. The number of ether oxygens (including phenoxy) is 1. The molecule has 0 spiro atoms. The Kier molecular flexibility index (Phi) is 4.61. The molecule has 0 N–H and O–H groups in total. The summed E-state index contributed by atoms with van der Waals surface area (Å²) in [4.78, 5) is 38.2. The quantitative estimate of drug-likeness (QED) is 0.609. The van der Waals surface area contributed by atoms with Crippen molar-refractivity contribution in [2.24, 2.45) is 0 Å². The smallest absolute Gasteiger partial charge is 0.302 e. The molecule has 1 heterocycles. The first-order valence-corrected chi connectivity index (χ1v) is 6.34. The number of benzene rings is 1. The van der Waals surface area contributed by atoms with Crippen LogP contribution in [0.1, 0.15) is 12.5 Å². The fourth-order valence-corrected chi connectivity index (χ4v) is 1.87. The van der Waals surface area contributed by atoms with Crippen molar-refractivity contribution in [3.05, 3.63) is 52.4 Å². The van der Waals surface area contributed by atoms with Crippen molar-refractivity contribution in [3.63, 3.8) is 0 Å². The molecule has 1 aromatic heterocycles. The summed E-state index contributed by atoms with van der Waals surface area (Å²) >= 11 is 0. The number of hydrogen-bond donors (Lipinski definition) is 0. The number of esters is 1. The van der Waals surface area contributed by atoms with Gasteiger partial charge in [0.05, 0.1) is 12.1 Å². The van der Waals surface area contributed by atoms with Crippen molar-refractivity contribution in [2.45, 2.75) is 20.1 Å². The Morgan fingerprint density at radius 3 is 2.67 bits per heavy atom. The van der Waals surface area contributed by atoms with E-state index < -0.39 is 11.5 Å². The first kappa shape index (κ1) is 14.6. The van der Waals surface area contributed by atoms with Crippen molar-refractivity contribution >= 4 is 12.3 Å². The van der Waals surface area contributed by atoms with Crippen molar-refractivity contribution < 1.29 is 14.3 Å². The second kappa shape index (κ2) is 6.60. The molecule has 0 radical (unpaired) electrons. The molecular weight excluding hydrogens is 272 g/mol. The van der Waals surface area contributed by atoms with Crippen molar-refractivity contribution in [2.75, 3.05) is 0 Å². The summed E-state index contributed by atoms with van der Waals surface area (Å²) in [7, 11) is 0. The van der Waals surface area contributed by atoms with Crippen molar-refractivity contribution in [3.8, 4) is 11.4 Å². The summed E-state index contributed by atoms with van der Waals surface area (Å²) in [6, 6.07) is 9.09. The maximum atomic E-state index is 12.3. The number of carbonyl (C=O) groups is 2. The lowest BCUT2D eigenvalue weighted by Crippen LogP contribution is -2.27. The largest absolute Gasteiger partial charge is 0.461 e. The molecule has 108 valence electrons. The van der Waals surface area contributed by atoms with Gasteiger partial charge in [0.15, 0.2) is 0 Å². The Hall–Kier alpha value is -2.76. The molecule has 0 unspecified atom stereocenters. The molecule has 6 heteroatoms. The molecule has 0 fully saturated rings. The minimum absolute atomic E-state index is 0.107. The Labute approximate surface area is 121 Å². The lowest BCUT2D eigenvalue weighted by Gasteiger charge is -2.11. The van der Waals surface area contributed by atoms with E-state index in [9.17, 15) is 14.4 Å². The van der Waals surface area contributed by atoms with Crippen LogP contribution in [0.4, 0.5) is 0 Å². The SMILES string of the molecule is CC(=O)OCc1cnc(-c2ccccc2)n(CC=O)c1=O. The van der Waals surface area contributed by atoms with Gasteiger partial charge in [0.25, 0.3) is 5.56 Å². The minimum Gasteiger partial charge on any atom is -0.461 e. The highest BCUT2D eigenvalue weighted by molar-refractivity contribution is 5.66. The van der Waals surface area contributed by atoms with E-state index in [-0.39, 0.29) is 18.7 Å². The number of aldehydes is 1. The summed E-state index contributed by atoms with van der Waals surface area (Å²) in [6.45, 7) is 0.995. The molecule has 0 bridgehead atoms. The molecular formula is C15H14N2O4. The number of rotatable bonds is 5. The van der Waals surface area contributed by atoms with Crippen LogP contribution in [0.2, 0.25) is 0 Å². The zero-order valence-corrected chi connectivity index (χ0v) is 11.5. The monoisotopic (exact) mass is 286 g/mol. The summed E-state index contributed by atoms with van der Waals surface area (Å²) < 4.78 is 6.07. The summed E-state index contributed by atoms with van der Waals surface area (Å²) in [6.07, 6.45) is 2.00. The highest BCUT2D eigenvalue weighted by Crippen LogP contribution is 2.15. The molecule has 2 aromatic rings. The van der Waals surface area contributed by atoms with E-state index in [0.29, 0.717) is 12.1 Å². The van der Waals surface area contributed by atoms with Gasteiger partial charge in [-0.15, -0.1) is 0 Å². The first-order valence-electron chi connectivity index (χ1n) is 6.34. The highest BCUT2D eigenvalue weighted by Gasteiger charge is 2.12. The topological polar surface area (TPSA) is 78.3 Å². The molecule has 2 rings (SSSR count). The Balaban J connectivity index is 2.48. The fourth-order valence-electron chi connectivity index (χ4n) is 1.87. The molecule has 6 nitrogen and oxygen atoms in total. The molecule has 0 saturated heterocycles. The van der Waals surface area contributed by atoms with Crippen molar-refractivity contribution in [1.29, 1.82) is 0 Å². The zero-order chi connectivity index (χ0) is 15.2. The van der Waals surface area contributed by atoms with Crippen molar-refractivity contribution in [1.82, 2.24) is 9.55 Å². The van der Waals surface area contributed by atoms with E-state index in [1.54, 1.807) is 12.1 Å². The third kappa shape index (κ3) is 3.42. The van der Waals surface area contributed by atoms with E-state index in [0.717, 1.165) is 5.56 Å². The van der Waals surface area contributed by atoms with E-state index >= 15 is 0 Å². The number of hydrogen-bond acceptors (Lipinski definition) is 5. The van der Waals surface area contributed by atoms with E-state index in [4.69, 9.17) is 4.74 Å². The second-order valence-corrected chi connectivity index (χ2v) is 4.34. The van der Waals surface area contributed by atoms with Crippen LogP contribution >= 0.6 is 0 Å². The Morgan fingerprint density at radius 1 is 1.33 bits per heavy atom. The van der Waals surface area contributed by atoms with Crippen LogP contribution in [0, 0.1) is 0 Å². The van der Waals surface area contributed by atoms with Gasteiger partial charge >= 0.3 is 5.97 Å². The average Bonchev–Trinajstić information content (AvgIpc) is 2.49. The van der Waals surface area contributed by atoms with Gasteiger partial charge in [0.2, 0.25) is 0 Å². The normalized spacial score (nSPS) is 10.1. The summed E-state index contributed by atoms with van der Waals surface area (Å²) in [5.41, 5.74) is 0.569. The van der Waals surface area contributed by atoms with Gasteiger partial charge in [0.1, 0.15) is 18.7 Å². The molecule has 0 aliphatic rings. The molecule has 0 saturated carbocycles. The lowest BCUT2D eigenvalue weighted by molar-refractivity contribution is -0.142. The zero-order valence-electron chi connectivity index (χ0n) is 11.5. The van der Waals surface area contributed by atoms with Gasteiger partial charge in [0, 0.05) is 18.7 Å². The predicted octanol–water partition coefficient (Wildman–Crippen LogP) is 1.17. The standard InChI is InChI=1S/C15H14N2O4/c1-11(19)21-10-13-9-16-14(12-5-3-2-4-6-12)17(7-8-18)15(13)20/h2-6,8-9H,7,10H2,1H3. The number of nitrogens with zero attached hydrogens (tertiary/aromatic N) is 2. The van der Waals surface area contributed by atoms with Crippen LogP contribution in [0.15, 0.2) is 41.3 Å². The third-order valence-corrected chi connectivity index (χ3v) is 2.84. The Bertz CT molecular complexity index is 707. The maximum Gasteiger partial charge on any atom is 0.302 e. The van der Waals surface area contributed by atoms with Gasteiger partial charge in [-0.3, -0.25) is 14.2 Å². The lowest BCUT2D eigenvalue weighted by atomic mass is 10.2. The van der Waals surface area contributed by atoms with Crippen LogP contribution < -0.4 is 5.56 Å². The molecule has 0 aliphatic carbocycles. The molecule has 0 aliphatic heterocycles. The van der Waals surface area contributed by atoms with Crippen LogP contribution in [0.3, 0.4) is 0 Å². The predicted molar refractivity (Wildman–Crippen MR) is 75.5 cm³/mol. The van der Waals surface area contributed by atoms with Crippen LogP contribution in [-0.2, 0) is 27.5 Å². The summed E-state index contributed by atoms with van der Waals surface area (Å²) in [5, 5.41) is 0. The summed E-state index contributed by atoms with van der Waals surface area (Å²) in [5.74, 6) is -0.0808. The van der Waals surface area contributed by atoms with Crippen LogP contribution in [0.25, 0.3) is 11.4 Å². The van der Waals surface area contributed by atoms with E-state index in [1.807, 2.05) is 18.2 Å². The molecule has 0 atom stereocenters. The Morgan fingerprint density at radius 2 is 2.05 bits per heavy atom. The average molecular weight is 286 g/mol. The second-order valence-electron chi connectivity index (χ2n) is 4.34. The highest BCUT2D eigenvalue weighted by atomic mass is 16.5. The molecule has 21 heavy (non-hydrogen) atoms. The van der Waals surface area contributed by atoms with Gasteiger partial charge < -0.3 is 9.53 Å². The minimum atomic E-state index is -0.483. The van der Waals surface area contributed by atoms with Gasteiger partial charge in [-0.05, 0) is 0 Å². The maximum absolute atomic E-state index is 12.3. The third-order valence-electron chi connectivity index (χ3n) is 2.84. The number of carbonyl (C=O) groups excluding carboxylic acids is 2. The van der Waals surface area contributed by atoms with Crippen LogP contribution in [-0.4, -0.2) is 21.8 Å². The van der Waals surface area contributed by atoms with E-state index in [1.165, 1.54) is 17.7 Å². The number of aromatic nitrogens is 2. The van der Waals surface area contributed by atoms with Gasteiger partial charge in [-0.1, -0.05) is 30.3 Å². The van der Waals surface area contributed by atoms with Gasteiger partial charge in [-0.25, -0.2) is 4.98 Å². The molecule has 1 aromatic carbocycles. The van der Waals surface area contributed by atoms with Crippen LogP contribution in [0.5, 0.6) is 0 Å². The van der Waals surface area contributed by atoms with E-state index in [2.05, 4.69) is 4.98 Å². The fraction of sp³-hybridized carbons (Fsp3) is 0.200. The van der Waals surface area contributed by atoms with Gasteiger partial charge in [-0.2, -0.15) is 0 Å².